The van der Waals surface area contributed by atoms with Gasteiger partial charge in [0, 0.05) is 18.8 Å². The monoisotopic (exact) mass is 252 g/mol. The Balaban J connectivity index is 1.99. The number of nitrogens with one attached hydrogen (secondary N) is 2. The van der Waals surface area contributed by atoms with Crippen LogP contribution in [0.1, 0.15) is 12.8 Å². The van der Waals surface area contributed by atoms with Crippen molar-refractivity contribution in [2.24, 2.45) is 5.92 Å². The minimum atomic E-state index is -3.17. The number of rotatable bonds is 2. The molecular formula is C12H16N2O2S. The molecule has 4 nitrogen and oxygen atoms in total. The Morgan fingerprint density at radius 3 is 2.71 bits per heavy atom. The van der Waals surface area contributed by atoms with Gasteiger partial charge in [-0.2, -0.15) is 0 Å². The summed E-state index contributed by atoms with van der Waals surface area (Å²) in [5.41, 5.74) is 1.64. The molecule has 0 spiro atoms. The van der Waals surface area contributed by atoms with Crippen molar-refractivity contribution in [2.45, 2.75) is 23.8 Å². The van der Waals surface area contributed by atoms with Crippen LogP contribution >= 0.6 is 0 Å². The van der Waals surface area contributed by atoms with E-state index in [1.807, 2.05) is 6.07 Å². The largest absolute Gasteiger partial charge is 0.380 e. The molecule has 1 aromatic rings. The molecule has 1 aliphatic heterocycles. The Morgan fingerprint density at radius 1 is 1.29 bits per heavy atom. The maximum Gasteiger partial charge on any atom is 0.177 e. The highest BCUT2D eigenvalue weighted by Crippen LogP contribution is 2.39. The zero-order valence-electron chi connectivity index (χ0n) is 9.73. The van der Waals surface area contributed by atoms with Gasteiger partial charge in [0.2, 0.25) is 0 Å². The van der Waals surface area contributed by atoms with E-state index in [2.05, 4.69) is 10.6 Å². The highest BCUT2D eigenvalue weighted by atomic mass is 32.2. The quantitative estimate of drug-likeness (QED) is 0.841. The third-order valence-corrected chi connectivity index (χ3v) is 4.60. The van der Waals surface area contributed by atoms with Crippen molar-refractivity contribution in [3.05, 3.63) is 18.2 Å². The van der Waals surface area contributed by atoms with Gasteiger partial charge < -0.3 is 10.6 Å². The number of fused-ring (bicyclic) bond motifs is 1. The standard InChI is InChI=1S/C12H16N2O2S/c1-17(15,16)11-4-2-3-9-12(11)13-7-10(14-9)8-5-6-8/h2-4,8,10,13-14H,5-7H2,1H3. The van der Waals surface area contributed by atoms with E-state index in [4.69, 9.17) is 0 Å². The molecule has 1 fully saturated rings. The van der Waals surface area contributed by atoms with Crippen LogP contribution in [-0.2, 0) is 9.84 Å². The van der Waals surface area contributed by atoms with E-state index in [1.165, 1.54) is 19.1 Å². The molecule has 1 aliphatic carbocycles. The lowest BCUT2D eigenvalue weighted by molar-refractivity contribution is 0.601. The van der Waals surface area contributed by atoms with E-state index >= 15 is 0 Å². The van der Waals surface area contributed by atoms with Crippen molar-refractivity contribution in [1.82, 2.24) is 0 Å². The second-order valence-corrected chi connectivity index (χ2v) is 6.90. The number of benzene rings is 1. The lowest BCUT2D eigenvalue weighted by atomic mass is 10.1. The minimum Gasteiger partial charge on any atom is -0.380 e. The topological polar surface area (TPSA) is 58.2 Å². The van der Waals surface area contributed by atoms with Crippen molar-refractivity contribution in [3.63, 3.8) is 0 Å². The number of sulfone groups is 1. The smallest absolute Gasteiger partial charge is 0.177 e. The molecule has 1 saturated carbocycles. The van der Waals surface area contributed by atoms with E-state index in [0.29, 0.717) is 10.9 Å². The first kappa shape index (κ1) is 10.9. The molecular weight excluding hydrogens is 236 g/mol. The summed E-state index contributed by atoms with van der Waals surface area (Å²) in [7, 11) is -3.17. The average molecular weight is 252 g/mol. The predicted octanol–water partition coefficient (Wildman–Crippen LogP) is 1.71. The van der Waals surface area contributed by atoms with Crippen LogP contribution in [0.15, 0.2) is 23.1 Å². The summed E-state index contributed by atoms with van der Waals surface area (Å²) in [6, 6.07) is 5.82. The second kappa shape index (κ2) is 3.63. The molecule has 17 heavy (non-hydrogen) atoms. The molecule has 0 aromatic heterocycles. The molecule has 3 rings (SSSR count). The fourth-order valence-electron chi connectivity index (χ4n) is 2.39. The highest BCUT2D eigenvalue weighted by molar-refractivity contribution is 7.90. The van der Waals surface area contributed by atoms with Gasteiger partial charge in [-0.3, -0.25) is 0 Å². The Hall–Kier alpha value is -1.23. The van der Waals surface area contributed by atoms with Gasteiger partial charge in [0.05, 0.1) is 16.3 Å². The van der Waals surface area contributed by atoms with Crippen LogP contribution in [0.3, 0.4) is 0 Å². The highest BCUT2D eigenvalue weighted by Gasteiger charge is 2.34. The SMILES string of the molecule is CS(=O)(=O)c1cccc2c1NCC(C1CC1)N2. The molecule has 0 radical (unpaired) electrons. The van der Waals surface area contributed by atoms with Crippen LogP contribution < -0.4 is 10.6 Å². The van der Waals surface area contributed by atoms with Crippen molar-refractivity contribution < 1.29 is 8.42 Å². The second-order valence-electron chi connectivity index (χ2n) is 4.92. The maximum atomic E-state index is 11.7. The van der Waals surface area contributed by atoms with E-state index in [1.54, 1.807) is 12.1 Å². The summed E-state index contributed by atoms with van der Waals surface area (Å²) >= 11 is 0. The fraction of sp³-hybridized carbons (Fsp3) is 0.500. The summed E-state index contributed by atoms with van der Waals surface area (Å²) in [5.74, 6) is 0.748. The molecule has 0 bridgehead atoms. The molecule has 0 amide bonds. The lowest BCUT2D eigenvalue weighted by Crippen LogP contribution is -2.35. The number of anilines is 2. The van der Waals surface area contributed by atoms with Crippen molar-refractivity contribution in [2.75, 3.05) is 23.4 Å². The Morgan fingerprint density at radius 2 is 2.06 bits per heavy atom. The molecule has 1 unspecified atom stereocenters. The molecule has 1 atom stereocenters. The molecule has 0 saturated heterocycles. The van der Waals surface area contributed by atoms with Gasteiger partial charge in [-0.05, 0) is 30.9 Å². The third kappa shape index (κ3) is 1.99. The fourth-order valence-corrected chi connectivity index (χ4v) is 3.27. The Bertz CT molecular complexity index is 550. The minimum absolute atomic E-state index is 0.386. The van der Waals surface area contributed by atoms with Gasteiger partial charge in [-0.25, -0.2) is 8.42 Å². The van der Waals surface area contributed by atoms with Gasteiger partial charge in [-0.1, -0.05) is 6.07 Å². The summed E-state index contributed by atoms with van der Waals surface area (Å²) in [5, 5.41) is 6.71. The van der Waals surface area contributed by atoms with Crippen LogP contribution in [0.4, 0.5) is 11.4 Å². The van der Waals surface area contributed by atoms with Crippen LogP contribution in [0.25, 0.3) is 0 Å². The zero-order valence-corrected chi connectivity index (χ0v) is 10.5. The molecule has 2 N–H and O–H groups in total. The van der Waals surface area contributed by atoms with E-state index < -0.39 is 9.84 Å². The normalized spacial score (nSPS) is 23.5. The molecule has 1 aromatic carbocycles. The molecule has 92 valence electrons. The third-order valence-electron chi connectivity index (χ3n) is 3.46. The van der Waals surface area contributed by atoms with Gasteiger partial charge in [0.15, 0.2) is 9.84 Å². The van der Waals surface area contributed by atoms with Crippen LogP contribution in [0.5, 0.6) is 0 Å². The lowest BCUT2D eigenvalue weighted by Gasteiger charge is -2.29. The predicted molar refractivity (Wildman–Crippen MR) is 68.2 cm³/mol. The summed E-state index contributed by atoms with van der Waals surface area (Å²) < 4.78 is 23.3. The van der Waals surface area contributed by atoms with Crippen LogP contribution in [0, 0.1) is 5.92 Å². The van der Waals surface area contributed by atoms with Crippen LogP contribution in [0.2, 0.25) is 0 Å². The molecule has 1 heterocycles. The first-order chi connectivity index (χ1) is 8.05. The summed E-state index contributed by atoms with van der Waals surface area (Å²) in [6.45, 7) is 0.810. The Kier molecular flexibility index (Phi) is 2.33. The van der Waals surface area contributed by atoms with Gasteiger partial charge in [-0.15, -0.1) is 0 Å². The Labute approximate surface area is 101 Å². The number of para-hydroxylation sites is 1. The van der Waals surface area contributed by atoms with Crippen molar-refractivity contribution in [3.8, 4) is 0 Å². The van der Waals surface area contributed by atoms with Crippen LogP contribution in [-0.4, -0.2) is 27.3 Å². The first-order valence-electron chi connectivity index (χ1n) is 5.89. The van der Waals surface area contributed by atoms with E-state index in [-0.39, 0.29) is 0 Å². The van der Waals surface area contributed by atoms with Gasteiger partial charge in [0.1, 0.15) is 0 Å². The van der Waals surface area contributed by atoms with Crippen molar-refractivity contribution >= 4 is 21.2 Å². The molecule has 5 heteroatoms. The number of hydrogen-bond donors (Lipinski definition) is 2. The maximum absolute atomic E-state index is 11.7. The van der Waals surface area contributed by atoms with Gasteiger partial charge in [0.25, 0.3) is 0 Å². The van der Waals surface area contributed by atoms with E-state index in [0.717, 1.165) is 23.8 Å². The van der Waals surface area contributed by atoms with Gasteiger partial charge >= 0.3 is 0 Å². The molecule has 2 aliphatic rings. The number of hydrogen-bond acceptors (Lipinski definition) is 4. The summed E-state index contributed by atoms with van der Waals surface area (Å²) in [6.07, 6.45) is 3.80. The summed E-state index contributed by atoms with van der Waals surface area (Å²) in [4.78, 5) is 0.386. The zero-order chi connectivity index (χ0) is 12.0. The van der Waals surface area contributed by atoms with Crippen molar-refractivity contribution in [1.29, 1.82) is 0 Å². The first-order valence-corrected chi connectivity index (χ1v) is 7.78. The average Bonchev–Trinajstić information content (AvgIpc) is 3.10. The van der Waals surface area contributed by atoms with E-state index in [9.17, 15) is 8.42 Å².